The lowest BCUT2D eigenvalue weighted by Crippen LogP contribution is -2.17. The molecule has 0 saturated heterocycles. The standard InChI is InChI=1S/C8H11FN2O/c1-3-5-7(9)6(4-2)11-8(12)10-5/h3-4H2,1-2H3,(H,10,11,12). The van der Waals surface area contributed by atoms with Gasteiger partial charge in [-0.25, -0.2) is 9.18 Å². The molecule has 0 aliphatic carbocycles. The highest BCUT2D eigenvalue weighted by molar-refractivity contribution is 5.11. The molecule has 1 aromatic heterocycles. The molecule has 0 radical (unpaired) electrons. The van der Waals surface area contributed by atoms with Crippen LogP contribution in [0, 0.1) is 5.82 Å². The summed E-state index contributed by atoms with van der Waals surface area (Å²) in [5.74, 6) is -0.375. The van der Waals surface area contributed by atoms with Crippen LogP contribution in [0.3, 0.4) is 0 Å². The van der Waals surface area contributed by atoms with E-state index in [0.717, 1.165) is 0 Å². The third-order valence-corrected chi connectivity index (χ3v) is 1.70. The third-order valence-electron chi connectivity index (χ3n) is 1.70. The molecule has 0 fully saturated rings. The Morgan fingerprint density at radius 3 is 2.58 bits per heavy atom. The largest absolute Gasteiger partial charge is 0.345 e. The fourth-order valence-electron chi connectivity index (χ4n) is 1.04. The highest BCUT2D eigenvalue weighted by Crippen LogP contribution is 2.06. The van der Waals surface area contributed by atoms with Crippen molar-refractivity contribution >= 4 is 0 Å². The highest BCUT2D eigenvalue weighted by Gasteiger charge is 2.07. The maximum atomic E-state index is 13.2. The second kappa shape index (κ2) is 3.47. The minimum absolute atomic E-state index is 0.246. The van der Waals surface area contributed by atoms with Gasteiger partial charge in [-0.2, -0.15) is 4.98 Å². The fraction of sp³-hybridized carbons (Fsp3) is 0.500. The van der Waals surface area contributed by atoms with Gasteiger partial charge in [0.2, 0.25) is 0 Å². The van der Waals surface area contributed by atoms with Crippen LogP contribution < -0.4 is 5.69 Å². The number of rotatable bonds is 2. The van der Waals surface area contributed by atoms with Crippen molar-refractivity contribution in [3.63, 3.8) is 0 Å². The zero-order valence-corrected chi connectivity index (χ0v) is 7.15. The van der Waals surface area contributed by atoms with Crippen molar-refractivity contribution in [2.45, 2.75) is 26.7 Å². The number of halogens is 1. The van der Waals surface area contributed by atoms with E-state index >= 15 is 0 Å². The number of nitrogens with one attached hydrogen (secondary N) is 1. The molecule has 0 aliphatic heterocycles. The van der Waals surface area contributed by atoms with E-state index in [1.807, 2.05) is 0 Å². The number of aromatic nitrogens is 2. The topological polar surface area (TPSA) is 45.8 Å². The maximum absolute atomic E-state index is 13.2. The zero-order chi connectivity index (χ0) is 9.14. The van der Waals surface area contributed by atoms with E-state index in [4.69, 9.17) is 0 Å². The molecule has 0 saturated carbocycles. The second-order valence-electron chi connectivity index (χ2n) is 2.49. The van der Waals surface area contributed by atoms with Gasteiger partial charge >= 0.3 is 5.69 Å². The molecule has 0 aliphatic rings. The van der Waals surface area contributed by atoms with Crippen LogP contribution in [0.5, 0.6) is 0 Å². The molecule has 66 valence electrons. The maximum Gasteiger partial charge on any atom is 0.345 e. The molecule has 1 heterocycles. The van der Waals surface area contributed by atoms with E-state index in [1.165, 1.54) is 0 Å². The van der Waals surface area contributed by atoms with Crippen molar-refractivity contribution in [1.29, 1.82) is 0 Å². The van der Waals surface area contributed by atoms with Gasteiger partial charge in [-0.1, -0.05) is 13.8 Å². The Hall–Kier alpha value is -1.19. The minimum atomic E-state index is -0.467. The number of hydrogen-bond donors (Lipinski definition) is 1. The molecule has 4 heteroatoms. The monoisotopic (exact) mass is 170 g/mol. The molecule has 12 heavy (non-hydrogen) atoms. The normalized spacial score (nSPS) is 10.2. The lowest BCUT2D eigenvalue weighted by Gasteiger charge is -2.01. The Balaban J connectivity index is 3.32. The molecule has 1 N–H and O–H groups in total. The van der Waals surface area contributed by atoms with Crippen molar-refractivity contribution in [3.8, 4) is 0 Å². The van der Waals surface area contributed by atoms with E-state index in [2.05, 4.69) is 9.97 Å². The van der Waals surface area contributed by atoms with Crippen molar-refractivity contribution in [1.82, 2.24) is 9.97 Å². The molecule has 0 atom stereocenters. The Morgan fingerprint density at radius 2 is 2.08 bits per heavy atom. The van der Waals surface area contributed by atoms with E-state index in [-0.39, 0.29) is 11.5 Å². The first-order chi connectivity index (χ1) is 5.69. The second-order valence-corrected chi connectivity index (χ2v) is 2.49. The number of aromatic amines is 1. The van der Waals surface area contributed by atoms with Gasteiger partial charge in [0, 0.05) is 0 Å². The minimum Gasteiger partial charge on any atom is -0.307 e. The van der Waals surface area contributed by atoms with Crippen molar-refractivity contribution in [2.24, 2.45) is 0 Å². The van der Waals surface area contributed by atoms with E-state index in [1.54, 1.807) is 13.8 Å². The molecular weight excluding hydrogens is 159 g/mol. The van der Waals surface area contributed by atoms with Gasteiger partial charge in [0.05, 0.1) is 11.4 Å². The van der Waals surface area contributed by atoms with Crippen LogP contribution in [0.1, 0.15) is 25.2 Å². The molecular formula is C8H11FN2O. The van der Waals surface area contributed by atoms with Crippen LogP contribution >= 0.6 is 0 Å². The van der Waals surface area contributed by atoms with E-state index < -0.39 is 5.69 Å². The first kappa shape index (κ1) is 8.90. The van der Waals surface area contributed by atoms with E-state index in [9.17, 15) is 9.18 Å². The van der Waals surface area contributed by atoms with Gasteiger partial charge in [0.25, 0.3) is 0 Å². The van der Waals surface area contributed by atoms with Crippen LogP contribution in [0.25, 0.3) is 0 Å². The van der Waals surface area contributed by atoms with Gasteiger partial charge in [0.15, 0.2) is 5.82 Å². The fourth-order valence-corrected chi connectivity index (χ4v) is 1.04. The summed E-state index contributed by atoms with van der Waals surface area (Å²) < 4.78 is 13.2. The molecule has 1 aromatic rings. The molecule has 0 bridgehead atoms. The predicted octanol–water partition coefficient (Wildman–Crippen LogP) is 1.03. The third kappa shape index (κ3) is 1.52. The first-order valence-electron chi connectivity index (χ1n) is 3.96. The summed E-state index contributed by atoms with van der Waals surface area (Å²) >= 11 is 0. The summed E-state index contributed by atoms with van der Waals surface area (Å²) in [7, 11) is 0. The van der Waals surface area contributed by atoms with Crippen LogP contribution in [0.4, 0.5) is 4.39 Å². The van der Waals surface area contributed by atoms with Crippen molar-refractivity contribution in [3.05, 3.63) is 27.7 Å². The predicted molar refractivity (Wildman–Crippen MR) is 43.6 cm³/mol. The average molecular weight is 170 g/mol. The van der Waals surface area contributed by atoms with Gasteiger partial charge in [-0.05, 0) is 12.8 Å². The summed E-state index contributed by atoms with van der Waals surface area (Å²) in [5.41, 5.74) is 0.118. The summed E-state index contributed by atoms with van der Waals surface area (Å²) in [5, 5.41) is 0. The van der Waals surface area contributed by atoms with Crippen LogP contribution in [-0.2, 0) is 12.8 Å². The quantitative estimate of drug-likeness (QED) is 0.720. The number of nitrogens with zero attached hydrogens (tertiary/aromatic N) is 1. The molecule has 3 nitrogen and oxygen atoms in total. The van der Waals surface area contributed by atoms with Crippen molar-refractivity contribution in [2.75, 3.05) is 0 Å². The van der Waals surface area contributed by atoms with Crippen LogP contribution in [0.2, 0.25) is 0 Å². The van der Waals surface area contributed by atoms with Gasteiger partial charge < -0.3 is 4.98 Å². The number of hydrogen-bond acceptors (Lipinski definition) is 2. The van der Waals surface area contributed by atoms with Crippen LogP contribution in [0.15, 0.2) is 4.79 Å². The lowest BCUT2D eigenvalue weighted by atomic mass is 10.2. The molecule has 0 aromatic carbocycles. The molecule has 1 rings (SSSR count). The van der Waals surface area contributed by atoms with Crippen LogP contribution in [-0.4, -0.2) is 9.97 Å². The van der Waals surface area contributed by atoms with E-state index in [0.29, 0.717) is 18.5 Å². The SMILES string of the molecule is CCc1nc(=O)[nH]c(CC)c1F. The molecule has 0 spiro atoms. The van der Waals surface area contributed by atoms with Gasteiger partial charge in [0.1, 0.15) is 0 Å². The summed E-state index contributed by atoms with van der Waals surface area (Å²) in [6.07, 6.45) is 0.930. The van der Waals surface area contributed by atoms with Gasteiger partial charge in [-0.15, -0.1) is 0 Å². The Labute approximate surface area is 69.7 Å². The Bertz CT molecular complexity index is 304. The number of H-pyrrole nitrogens is 1. The molecule has 0 amide bonds. The Kier molecular flexibility index (Phi) is 2.58. The highest BCUT2D eigenvalue weighted by atomic mass is 19.1. The first-order valence-corrected chi connectivity index (χ1v) is 3.96. The lowest BCUT2D eigenvalue weighted by molar-refractivity contribution is 0.570. The van der Waals surface area contributed by atoms with Crippen molar-refractivity contribution < 1.29 is 4.39 Å². The molecule has 0 unspecified atom stereocenters. The summed E-state index contributed by atoms with van der Waals surface area (Å²) in [6, 6.07) is 0. The summed E-state index contributed by atoms with van der Waals surface area (Å²) in [4.78, 5) is 16.7. The summed E-state index contributed by atoms with van der Waals surface area (Å²) in [6.45, 7) is 3.55. The number of aryl methyl sites for hydroxylation is 2. The smallest absolute Gasteiger partial charge is 0.307 e. The zero-order valence-electron chi connectivity index (χ0n) is 7.15. The Morgan fingerprint density at radius 1 is 1.42 bits per heavy atom. The van der Waals surface area contributed by atoms with Gasteiger partial charge in [-0.3, -0.25) is 0 Å². The average Bonchev–Trinajstić information content (AvgIpc) is 2.08.